The number of carbonyl (C=O) groups is 1. The number of H-pyrrole nitrogens is 1. The minimum Gasteiger partial charge on any atom is -0.361 e. The molecule has 0 saturated carbocycles. The van der Waals surface area contributed by atoms with Crippen LogP contribution in [0.2, 0.25) is 0 Å². The minimum atomic E-state index is -3.96. The van der Waals surface area contributed by atoms with Crippen LogP contribution in [0, 0.1) is 6.92 Å². The predicted molar refractivity (Wildman–Crippen MR) is 127 cm³/mol. The van der Waals surface area contributed by atoms with Crippen LogP contribution in [0.25, 0.3) is 10.9 Å². The lowest BCUT2D eigenvalue weighted by Crippen LogP contribution is -2.41. The molecule has 2 heterocycles. The number of aromatic amines is 1. The minimum absolute atomic E-state index is 0.0883. The third-order valence-corrected chi connectivity index (χ3v) is 7.66. The monoisotopic (exact) mass is 460 g/mol. The van der Waals surface area contributed by atoms with Crippen LogP contribution in [0.5, 0.6) is 0 Å². The highest BCUT2D eigenvalue weighted by atomic mass is 32.2. The molecule has 1 aliphatic heterocycles. The molecule has 0 radical (unpaired) electrons. The number of aromatic nitrogens is 1. The van der Waals surface area contributed by atoms with Crippen molar-refractivity contribution < 1.29 is 17.4 Å². The highest BCUT2D eigenvalue weighted by Crippen LogP contribution is 2.44. The van der Waals surface area contributed by atoms with Crippen molar-refractivity contribution in [1.29, 1.82) is 0 Å². The maximum Gasteiger partial charge on any atom is 0.296 e. The third-order valence-electron chi connectivity index (χ3n) is 6.36. The molecule has 1 N–H and O–H groups in total. The fourth-order valence-corrected chi connectivity index (χ4v) is 5.58. The van der Waals surface area contributed by atoms with E-state index in [1.165, 1.54) is 0 Å². The molecule has 0 aliphatic carbocycles. The number of rotatable bonds is 5. The van der Waals surface area contributed by atoms with Gasteiger partial charge in [-0.25, -0.2) is 0 Å². The molecule has 1 aromatic heterocycles. The van der Waals surface area contributed by atoms with E-state index in [1.54, 1.807) is 42.3 Å². The molecule has 2 atom stereocenters. The second-order valence-corrected chi connectivity index (χ2v) is 10.0. The molecule has 33 heavy (non-hydrogen) atoms. The van der Waals surface area contributed by atoms with Gasteiger partial charge in [-0.05, 0) is 36.8 Å². The lowest BCUT2D eigenvalue weighted by atomic mass is 9.80. The molecule has 0 fully saturated rings. The summed E-state index contributed by atoms with van der Waals surface area (Å²) in [6, 6.07) is 21.4. The van der Waals surface area contributed by atoms with E-state index in [2.05, 4.69) is 4.98 Å². The molecule has 168 valence electrons. The van der Waals surface area contributed by atoms with E-state index in [0.717, 1.165) is 27.6 Å². The maximum atomic E-state index is 13.2. The van der Waals surface area contributed by atoms with Gasteiger partial charge in [-0.2, -0.15) is 8.42 Å². The van der Waals surface area contributed by atoms with Crippen molar-refractivity contribution in [1.82, 2.24) is 9.88 Å². The molecular formula is C26H24N2O4S. The standard InChI is InChI=1S/C26H24N2O4S/c1-17-11-13-18(14-12-17)33(30,31)32-16-23-19-7-3-4-9-21(19)26(29)28(2)25(23)22-15-27-24-10-6-5-8-20(22)24/h3-15,23,25,27H,16H2,1-2H3/t23-,25+/m1/s1. The molecule has 4 aromatic rings. The summed E-state index contributed by atoms with van der Waals surface area (Å²) < 4.78 is 31.5. The number of carbonyl (C=O) groups excluding carboxylic acids is 1. The van der Waals surface area contributed by atoms with Gasteiger partial charge in [0.25, 0.3) is 16.0 Å². The zero-order valence-corrected chi connectivity index (χ0v) is 19.2. The Balaban J connectivity index is 1.57. The number of hydrogen-bond donors (Lipinski definition) is 1. The Morgan fingerprint density at radius 1 is 0.939 bits per heavy atom. The molecule has 0 spiro atoms. The van der Waals surface area contributed by atoms with Crippen molar-refractivity contribution in [3.8, 4) is 0 Å². The van der Waals surface area contributed by atoms with Crippen LogP contribution in [0.3, 0.4) is 0 Å². The normalized spacial score (nSPS) is 18.5. The van der Waals surface area contributed by atoms with Crippen molar-refractivity contribution in [2.24, 2.45) is 0 Å². The summed E-state index contributed by atoms with van der Waals surface area (Å²) in [6.45, 7) is 1.81. The van der Waals surface area contributed by atoms with Crippen LogP contribution in [0.4, 0.5) is 0 Å². The molecule has 0 saturated heterocycles. The first-order chi connectivity index (χ1) is 15.9. The van der Waals surface area contributed by atoms with Crippen LogP contribution in [-0.2, 0) is 14.3 Å². The topological polar surface area (TPSA) is 79.5 Å². The fraction of sp³-hybridized carbons (Fsp3) is 0.192. The molecule has 7 heteroatoms. The average Bonchev–Trinajstić information content (AvgIpc) is 3.24. The molecule has 0 unspecified atom stereocenters. The van der Waals surface area contributed by atoms with E-state index in [9.17, 15) is 13.2 Å². The Kier molecular flexibility index (Phi) is 5.31. The third kappa shape index (κ3) is 3.73. The van der Waals surface area contributed by atoms with Gasteiger partial charge in [-0.3, -0.25) is 8.98 Å². The summed E-state index contributed by atoms with van der Waals surface area (Å²) in [4.78, 5) is 18.3. The predicted octanol–water partition coefficient (Wildman–Crippen LogP) is 4.79. The van der Waals surface area contributed by atoms with Crippen LogP contribution >= 0.6 is 0 Å². The van der Waals surface area contributed by atoms with Gasteiger partial charge in [-0.15, -0.1) is 0 Å². The molecule has 3 aromatic carbocycles. The van der Waals surface area contributed by atoms with Gasteiger partial charge in [0.15, 0.2) is 0 Å². The van der Waals surface area contributed by atoms with Crippen molar-refractivity contribution in [2.75, 3.05) is 13.7 Å². The quantitative estimate of drug-likeness (QED) is 0.434. The highest BCUT2D eigenvalue weighted by molar-refractivity contribution is 7.86. The van der Waals surface area contributed by atoms with E-state index in [-0.39, 0.29) is 23.3 Å². The molecule has 0 bridgehead atoms. The van der Waals surface area contributed by atoms with Crippen LogP contribution in [0.1, 0.15) is 39.0 Å². The SMILES string of the molecule is Cc1ccc(S(=O)(=O)OC[C@@H]2c3ccccc3C(=O)N(C)[C@H]2c2c[nH]c3ccccc23)cc1. The lowest BCUT2D eigenvalue weighted by Gasteiger charge is -2.40. The van der Waals surface area contributed by atoms with Gasteiger partial charge in [0, 0.05) is 41.2 Å². The van der Waals surface area contributed by atoms with Gasteiger partial charge in [0.05, 0.1) is 17.5 Å². The Labute approximate surface area is 192 Å². The summed E-state index contributed by atoms with van der Waals surface area (Å²) in [7, 11) is -2.20. The highest BCUT2D eigenvalue weighted by Gasteiger charge is 2.40. The molecule has 5 rings (SSSR count). The van der Waals surface area contributed by atoms with E-state index in [1.807, 2.05) is 55.6 Å². The van der Waals surface area contributed by atoms with Crippen LogP contribution in [-0.4, -0.2) is 37.9 Å². The first-order valence-electron chi connectivity index (χ1n) is 10.7. The van der Waals surface area contributed by atoms with Gasteiger partial charge in [-0.1, -0.05) is 54.1 Å². The van der Waals surface area contributed by atoms with Gasteiger partial charge < -0.3 is 9.88 Å². The summed E-state index contributed by atoms with van der Waals surface area (Å²) in [6.07, 6.45) is 1.90. The van der Waals surface area contributed by atoms with E-state index >= 15 is 0 Å². The fourth-order valence-electron chi connectivity index (χ4n) is 4.65. The number of benzene rings is 3. The largest absolute Gasteiger partial charge is 0.361 e. The Morgan fingerprint density at radius 3 is 2.42 bits per heavy atom. The Bertz CT molecular complexity index is 1440. The maximum absolute atomic E-state index is 13.2. The second kappa shape index (κ2) is 8.17. The van der Waals surface area contributed by atoms with Crippen molar-refractivity contribution in [2.45, 2.75) is 23.8 Å². The summed E-state index contributed by atoms with van der Waals surface area (Å²) in [5.74, 6) is -0.471. The number of amides is 1. The van der Waals surface area contributed by atoms with E-state index < -0.39 is 16.2 Å². The van der Waals surface area contributed by atoms with Crippen LogP contribution < -0.4 is 0 Å². The smallest absolute Gasteiger partial charge is 0.296 e. The number of likely N-dealkylation sites (N-methyl/N-ethyl adjacent to an activating group) is 1. The van der Waals surface area contributed by atoms with Crippen molar-refractivity contribution in [3.63, 3.8) is 0 Å². The molecular weight excluding hydrogens is 436 g/mol. The Hall–Kier alpha value is -3.42. The molecule has 6 nitrogen and oxygen atoms in total. The summed E-state index contributed by atoms with van der Waals surface area (Å²) >= 11 is 0. The molecule has 1 aliphatic rings. The second-order valence-electron chi connectivity index (χ2n) is 8.40. The van der Waals surface area contributed by atoms with E-state index in [0.29, 0.717) is 5.56 Å². The first-order valence-corrected chi connectivity index (χ1v) is 12.2. The summed E-state index contributed by atoms with van der Waals surface area (Å²) in [5.41, 5.74) is 4.21. The number of nitrogens with one attached hydrogen (secondary N) is 1. The Morgan fingerprint density at radius 2 is 1.64 bits per heavy atom. The first kappa shape index (κ1) is 21.4. The van der Waals surface area contributed by atoms with Gasteiger partial charge in [0.2, 0.25) is 0 Å². The number of nitrogens with zero attached hydrogens (tertiary/aromatic N) is 1. The zero-order valence-electron chi connectivity index (χ0n) is 18.4. The van der Waals surface area contributed by atoms with Crippen LogP contribution in [0.15, 0.2) is 83.9 Å². The number of fused-ring (bicyclic) bond motifs is 2. The molecule has 1 amide bonds. The van der Waals surface area contributed by atoms with E-state index in [4.69, 9.17) is 4.18 Å². The zero-order chi connectivity index (χ0) is 23.2. The van der Waals surface area contributed by atoms with Crippen molar-refractivity contribution >= 4 is 26.9 Å². The summed E-state index contributed by atoms with van der Waals surface area (Å²) in [5, 5.41) is 0.993. The average molecular weight is 461 g/mol. The number of para-hydroxylation sites is 1. The lowest BCUT2D eigenvalue weighted by molar-refractivity contribution is 0.0646. The van der Waals surface area contributed by atoms with Gasteiger partial charge >= 0.3 is 0 Å². The van der Waals surface area contributed by atoms with Crippen molar-refractivity contribution in [3.05, 3.63) is 101 Å². The van der Waals surface area contributed by atoms with Gasteiger partial charge in [0.1, 0.15) is 0 Å². The number of hydrogen-bond acceptors (Lipinski definition) is 4. The number of aryl methyl sites for hydroxylation is 1.